The summed E-state index contributed by atoms with van der Waals surface area (Å²) < 4.78 is 1.87. The molecule has 1 amide bonds. The minimum atomic E-state index is -0.450. The Morgan fingerprint density at radius 2 is 2.00 bits per heavy atom. The molecule has 27 heavy (non-hydrogen) atoms. The zero-order valence-corrected chi connectivity index (χ0v) is 15.5. The Kier molecular flexibility index (Phi) is 5.06. The van der Waals surface area contributed by atoms with Crippen molar-refractivity contribution < 1.29 is 9.72 Å². The number of non-ortho nitro benzene ring substituents is 1. The van der Waals surface area contributed by atoms with Gasteiger partial charge in [0.2, 0.25) is 11.1 Å². The molecule has 10 heteroatoms. The number of carbonyl (C=O) groups excluding carboxylic acids is 1. The summed E-state index contributed by atoms with van der Waals surface area (Å²) in [4.78, 5) is 25.0. The molecule has 1 aliphatic heterocycles. The molecule has 0 radical (unpaired) electrons. The molecule has 9 nitrogen and oxygen atoms in total. The zero-order valence-electron chi connectivity index (χ0n) is 14.7. The highest BCUT2D eigenvalue weighted by Gasteiger charge is 2.35. The highest BCUT2D eigenvalue weighted by molar-refractivity contribution is 8.00. The van der Waals surface area contributed by atoms with Crippen LogP contribution in [0.15, 0.2) is 29.4 Å². The van der Waals surface area contributed by atoms with Crippen molar-refractivity contribution in [3.8, 4) is 0 Å². The number of hydrogen-bond acceptors (Lipinski definition) is 7. The van der Waals surface area contributed by atoms with Gasteiger partial charge in [-0.25, -0.2) is 4.68 Å². The molecule has 1 atom stereocenters. The fourth-order valence-corrected chi connectivity index (χ4v) is 4.82. The molecule has 2 aliphatic rings. The third-order valence-electron chi connectivity index (χ3n) is 5.14. The Hall–Kier alpha value is -2.49. The normalized spacial score (nSPS) is 21.0. The second kappa shape index (κ2) is 7.63. The number of amides is 1. The van der Waals surface area contributed by atoms with Gasteiger partial charge in [-0.15, -0.1) is 5.10 Å². The van der Waals surface area contributed by atoms with E-state index in [4.69, 9.17) is 0 Å². The number of anilines is 1. The number of nitro benzene ring substituents is 1. The molecule has 0 spiro atoms. The van der Waals surface area contributed by atoms with Crippen LogP contribution in [0.5, 0.6) is 0 Å². The topological polar surface area (TPSA) is 107 Å². The zero-order chi connectivity index (χ0) is 18.8. The van der Waals surface area contributed by atoms with Crippen molar-refractivity contribution in [1.82, 2.24) is 20.2 Å². The fraction of sp³-hybridized carbons (Fsp3) is 0.529. The van der Waals surface area contributed by atoms with E-state index in [1.807, 2.05) is 4.68 Å². The van der Waals surface area contributed by atoms with Crippen LogP contribution in [0.25, 0.3) is 0 Å². The van der Waals surface area contributed by atoms with E-state index in [0.29, 0.717) is 29.9 Å². The van der Waals surface area contributed by atoms with Gasteiger partial charge in [0.15, 0.2) is 0 Å². The highest BCUT2D eigenvalue weighted by atomic mass is 32.2. The summed E-state index contributed by atoms with van der Waals surface area (Å²) in [6.45, 7) is 0.530. The van der Waals surface area contributed by atoms with E-state index in [-0.39, 0.29) is 16.8 Å². The lowest BCUT2D eigenvalue weighted by Crippen LogP contribution is -2.28. The van der Waals surface area contributed by atoms with E-state index in [9.17, 15) is 14.9 Å². The summed E-state index contributed by atoms with van der Waals surface area (Å²) in [6, 6.07) is 6.50. The number of rotatable bonds is 5. The molecule has 142 valence electrons. The second-order valence-electron chi connectivity index (χ2n) is 6.86. The lowest BCUT2D eigenvalue weighted by molar-refractivity contribution is -0.384. The molecule has 1 saturated heterocycles. The molecule has 0 bridgehead atoms. The van der Waals surface area contributed by atoms with Crippen LogP contribution in [0.2, 0.25) is 0 Å². The Morgan fingerprint density at radius 3 is 2.78 bits per heavy atom. The smallest absolute Gasteiger partial charge is 0.271 e. The number of thioether (sulfide) groups is 1. The molecular formula is C17H20N6O3S. The number of nitro groups is 1. The van der Waals surface area contributed by atoms with Crippen LogP contribution in [0.1, 0.15) is 44.6 Å². The van der Waals surface area contributed by atoms with E-state index in [1.54, 1.807) is 17.0 Å². The van der Waals surface area contributed by atoms with Crippen molar-refractivity contribution in [2.24, 2.45) is 0 Å². The maximum Gasteiger partial charge on any atom is 0.271 e. The van der Waals surface area contributed by atoms with Crippen molar-refractivity contribution in [3.05, 3.63) is 34.4 Å². The third kappa shape index (κ3) is 3.66. The van der Waals surface area contributed by atoms with Gasteiger partial charge in [-0.1, -0.05) is 37.1 Å². The van der Waals surface area contributed by atoms with Gasteiger partial charge in [-0.2, -0.15) is 0 Å². The Morgan fingerprint density at radius 1 is 1.19 bits per heavy atom. The van der Waals surface area contributed by atoms with Crippen molar-refractivity contribution >= 4 is 29.0 Å². The molecule has 2 heterocycles. The van der Waals surface area contributed by atoms with E-state index in [0.717, 1.165) is 12.8 Å². The molecule has 1 aromatic carbocycles. The van der Waals surface area contributed by atoms with Gasteiger partial charge in [-0.05, 0) is 35.8 Å². The Labute approximate surface area is 160 Å². The van der Waals surface area contributed by atoms with Crippen LogP contribution in [0.4, 0.5) is 11.4 Å². The summed E-state index contributed by atoms with van der Waals surface area (Å²) in [7, 11) is 0. The average molecular weight is 388 g/mol. The maximum atomic E-state index is 12.9. The van der Waals surface area contributed by atoms with E-state index < -0.39 is 4.92 Å². The summed E-state index contributed by atoms with van der Waals surface area (Å²) in [5.74, 6) is -0.0568. The first-order valence-corrected chi connectivity index (χ1v) is 10.0. The predicted octanol–water partition coefficient (Wildman–Crippen LogP) is 2.98. The average Bonchev–Trinajstić information content (AvgIpc) is 3.30. The van der Waals surface area contributed by atoms with E-state index in [2.05, 4.69) is 15.5 Å². The molecule has 1 unspecified atom stereocenters. The fourth-order valence-electron chi connectivity index (χ4n) is 3.74. The van der Waals surface area contributed by atoms with Crippen LogP contribution < -0.4 is 4.90 Å². The highest BCUT2D eigenvalue weighted by Crippen LogP contribution is 2.35. The quantitative estimate of drug-likeness (QED) is 0.572. The van der Waals surface area contributed by atoms with Crippen LogP contribution in [-0.4, -0.2) is 42.8 Å². The number of nitrogens with zero attached hydrogens (tertiary/aromatic N) is 6. The molecule has 2 fully saturated rings. The largest absolute Gasteiger partial charge is 0.311 e. The monoisotopic (exact) mass is 388 g/mol. The van der Waals surface area contributed by atoms with E-state index >= 15 is 0 Å². The molecule has 0 N–H and O–H groups in total. The molecule has 1 saturated carbocycles. The first kappa shape index (κ1) is 17.9. The molecule has 1 aliphatic carbocycles. The number of hydrogen-bond donors (Lipinski definition) is 0. The second-order valence-corrected chi connectivity index (χ2v) is 8.03. The van der Waals surface area contributed by atoms with Crippen LogP contribution in [-0.2, 0) is 4.79 Å². The molecule has 4 rings (SSSR count). The van der Waals surface area contributed by atoms with Gasteiger partial charge in [0.25, 0.3) is 5.69 Å². The van der Waals surface area contributed by atoms with Crippen LogP contribution in [0.3, 0.4) is 0 Å². The van der Waals surface area contributed by atoms with E-state index in [1.165, 1.54) is 43.2 Å². The Balaban J connectivity index is 1.48. The Bertz CT molecular complexity index is 851. The minimum Gasteiger partial charge on any atom is -0.311 e. The van der Waals surface area contributed by atoms with Crippen molar-refractivity contribution in [2.45, 2.75) is 55.0 Å². The van der Waals surface area contributed by atoms with Gasteiger partial charge < -0.3 is 4.90 Å². The number of carbonyl (C=O) groups is 1. The van der Waals surface area contributed by atoms with Gasteiger partial charge in [0, 0.05) is 18.7 Å². The SMILES string of the molecule is O=C1C(Sc2nnnn2C2CCCCC2)CCN1c1cccc([N+](=O)[O-])c1. The first-order valence-electron chi connectivity index (χ1n) is 9.14. The van der Waals surface area contributed by atoms with Gasteiger partial charge >= 0.3 is 0 Å². The third-order valence-corrected chi connectivity index (χ3v) is 6.34. The standard InChI is InChI=1S/C17H20N6O3S/c24-16-15(9-10-21(16)13-7-4-8-14(11-13)23(25)26)27-17-18-19-20-22(17)12-5-2-1-3-6-12/h4,7-8,11-12,15H,1-3,5-6,9-10H2. The lowest BCUT2D eigenvalue weighted by atomic mass is 9.96. The number of aromatic nitrogens is 4. The lowest BCUT2D eigenvalue weighted by Gasteiger charge is -2.22. The van der Waals surface area contributed by atoms with Crippen LogP contribution in [0, 0.1) is 10.1 Å². The number of benzene rings is 1. The van der Waals surface area contributed by atoms with Crippen molar-refractivity contribution in [2.75, 3.05) is 11.4 Å². The van der Waals surface area contributed by atoms with Gasteiger partial charge in [-0.3, -0.25) is 14.9 Å². The molecule has 2 aromatic rings. The van der Waals surface area contributed by atoms with Crippen molar-refractivity contribution in [3.63, 3.8) is 0 Å². The maximum absolute atomic E-state index is 12.9. The molecule has 1 aromatic heterocycles. The predicted molar refractivity (Wildman–Crippen MR) is 99.7 cm³/mol. The van der Waals surface area contributed by atoms with Crippen molar-refractivity contribution in [1.29, 1.82) is 0 Å². The summed E-state index contributed by atoms with van der Waals surface area (Å²) in [6.07, 6.45) is 6.40. The first-order chi connectivity index (χ1) is 13.1. The van der Waals surface area contributed by atoms with Crippen LogP contribution >= 0.6 is 11.8 Å². The molecular weight excluding hydrogens is 368 g/mol. The van der Waals surface area contributed by atoms with Gasteiger partial charge in [0.05, 0.1) is 21.9 Å². The minimum absolute atomic E-state index is 0.0161. The summed E-state index contributed by atoms with van der Waals surface area (Å²) in [5, 5.41) is 23.5. The number of tetrazole rings is 1. The van der Waals surface area contributed by atoms with Gasteiger partial charge in [0.1, 0.15) is 0 Å². The summed E-state index contributed by atoms with van der Waals surface area (Å²) in [5.41, 5.74) is 0.543. The summed E-state index contributed by atoms with van der Waals surface area (Å²) >= 11 is 1.40.